The maximum absolute atomic E-state index is 13.7. The van der Waals surface area contributed by atoms with Gasteiger partial charge in [-0.1, -0.05) is 6.07 Å². The summed E-state index contributed by atoms with van der Waals surface area (Å²) in [6.07, 6.45) is 1.48. The molecule has 0 atom stereocenters. The van der Waals surface area contributed by atoms with E-state index in [0.717, 1.165) is 16.7 Å². The van der Waals surface area contributed by atoms with Gasteiger partial charge >= 0.3 is 0 Å². The Morgan fingerprint density at radius 1 is 1.29 bits per heavy atom. The molecule has 2 aromatic heterocycles. The van der Waals surface area contributed by atoms with E-state index in [1.807, 2.05) is 0 Å². The monoisotopic (exact) mass is 310 g/mol. The van der Waals surface area contributed by atoms with Crippen molar-refractivity contribution in [3.05, 3.63) is 57.2 Å². The number of aryl methyl sites for hydroxylation is 1. The Morgan fingerprint density at radius 3 is 2.62 bits per heavy atom. The zero-order valence-electron chi connectivity index (χ0n) is 10.8. The van der Waals surface area contributed by atoms with Crippen molar-refractivity contribution in [1.29, 1.82) is 0 Å². The summed E-state index contributed by atoms with van der Waals surface area (Å²) in [5.74, 6) is -1.49. The van der Waals surface area contributed by atoms with Gasteiger partial charge in [0.15, 0.2) is 5.65 Å². The average molecular weight is 311 g/mol. The molecule has 8 heteroatoms. The summed E-state index contributed by atoms with van der Waals surface area (Å²) in [4.78, 5) is 16.3. The molecule has 5 nitrogen and oxygen atoms in total. The fourth-order valence-electron chi connectivity index (χ4n) is 2.07. The van der Waals surface area contributed by atoms with Crippen LogP contribution in [0, 0.1) is 11.6 Å². The minimum Gasteiger partial charge on any atom is -0.278 e. The lowest BCUT2D eigenvalue weighted by atomic mass is 10.2. The van der Waals surface area contributed by atoms with Gasteiger partial charge in [-0.05, 0) is 23.7 Å². The molecular weight excluding hydrogens is 302 g/mol. The summed E-state index contributed by atoms with van der Waals surface area (Å²) in [5.41, 5.74) is -0.551. The zero-order valence-corrected chi connectivity index (χ0v) is 11.6. The van der Waals surface area contributed by atoms with Crippen LogP contribution in [0.4, 0.5) is 8.78 Å². The molecule has 108 valence electrons. The largest absolute Gasteiger partial charge is 0.278 e. The lowest BCUT2D eigenvalue weighted by Crippen LogP contribution is -2.23. The van der Waals surface area contributed by atoms with Crippen LogP contribution >= 0.6 is 11.6 Å². The predicted octanol–water partition coefficient (Wildman–Crippen LogP) is 2.11. The maximum Gasteiger partial charge on any atom is 0.265 e. The first-order valence-corrected chi connectivity index (χ1v) is 6.37. The molecule has 0 spiro atoms. The van der Waals surface area contributed by atoms with Gasteiger partial charge in [-0.3, -0.25) is 14.0 Å². The second kappa shape index (κ2) is 4.92. The van der Waals surface area contributed by atoms with Gasteiger partial charge in [-0.2, -0.15) is 10.1 Å². The molecule has 21 heavy (non-hydrogen) atoms. The number of hydrogen-bond acceptors (Lipinski definition) is 3. The summed E-state index contributed by atoms with van der Waals surface area (Å²) in [5, 5.41) is 4.04. The van der Waals surface area contributed by atoms with E-state index in [1.165, 1.54) is 16.9 Å². The van der Waals surface area contributed by atoms with Crippen LogP contribution in [-0.4, -0.2) is 19.3 Å². The summed E-state index contributed by atoms with van der Waals surface area (Å²) in [6, 6.07) is 3.49. The van der Waals surface area contributed by atoms with E-state index in [9.17, 15) is 13.6 Å². The van der Waals surface area contributed by atoms with Crippen LogP contribution in [0.3, 0.4) is 0 Å². The van der Waals surface area contributed by atoms with Gasteiger partial charge in [0, 0.05) is 18.8 Å². The molecule has 0 N–H and O–H groups in total. The molecule has 2 heterocycles. The fraction of sp³-hybridized carbons (Fsp3) is 0.154. The molecule has 0 saturated heterocycles. The number of halogens is 3. The van der Waals surface area contributed by atoms with Gasteiger partial charge in [0.1, 0.15) is 17.0 Å². The van der Waals surface area contributed by atoms with Crippen molar-refractivity contribution >= 4 is 22.6 Å². The van der Waals surface area contributed by atoms with Crippen LogP contribution in [0.25, 0.3) is 11.0 Å². The van der Waals surface area contributed by atoms with Crippen LogP contribution in [0.5, 0.6) is 0 Å². The highest BCUT2D eigenvalue weighted by Gasteiger charge is 2.16. The zero-order chi connectivity index (χ0) is 15.1. The normalized spacial score (nSPS) is 11.2. The van der Waals surface area contributed by atoms with Crippen LogP contribution in [0.2, 0.25) is 5.28 Å². The molecule has 0 aliphatic heterocycles. The van der Waals surface area contributed by atoms with E-state index in [4.69, 9.17) is 11.6 Å². The van der Waals surface area contributed by atoms with Crippen molar-refractivity contribution in [3.8, 4) is 0 Å². The predicted molar refractivity (Wildman–Crippen MR) is 73.2 cm³/mol. The van der Waals surface area contributed by atoms with Gasteiger partial charge in [-0.15, -0.1) is 0 Å². The molecule has 0 bridgehead atoms. The van der Waals surface area contributed by atoms with Crippen molar-refractivity contribution in [2.24, 2.45) is 7.05 Å². The molecular formula is C13H9ClF2N4O. The lowest BCUT2D eigenvalue weighted by molar-refractivity contribution is 0.541. The first-order valence-electron chi connectivity index (χ1n) is 6.00. The molecule has 0 saturated carbocycles. The van der Waals surface area contributed by atoms with E-state index in [-0.39, 0.29) is 28.4 Å². The Morgan fingerprint density at radius 2 is 1.95 bits per heavy atom. The van der Waals surface area contributed by atoms with E-state index in [0.29, 0.717) is 0 Å². The third-order valence-electron chi connectivity index (χ3n) is 3.08. The number of fused-ring (bicyclic) bond motifs is 1. The standard InChI is InChI=1S/C13H9ClF2N4O/c1-19-5-8-11(18-19)17-13(14)20(12(8)21)6-7-9(15)3-2-4-10(7)16/h2-5H,6H2,1H3. The Kier molecular flexibility index (Phi) is 3.21. The molecule has 0 aliphatic rings. The lowest BCUT2D eigenvalue weighted by Gasteiger charge is -2.09. The Labute approximate surface area is 122 Å². The van der Waals surface area contributed by atoms with Gasteiger partial charge in [0.25, 0.3) is 5.56 Å². The van der Waals surface area contributed by atoms with Crippen molar-refractivity contribution in [3.63, 3.8) is 0 Å². The van der Waals surface area contributed by atoms with E-state index >= 15 is 0 Å². The molecule has 0 amide bonds. The molecule has 0 aliphatic carbocycles. The first kappa shape index (κ1) is 13.7. The number of hydrogen-bond donors (Lipinski definition) is 0. The van der Waals surface area contributed by atoms with Gasteiger partial charge in [-0.25, -0.2) is 8.78 Å². The molecule has 0 unspecified atom stereocenters. The van der Waals surface area contributed by atoms with Crippen LogP contribution < -0.4 is 5.56 Å². The SMILES string of the molecule is Cn1cc2c(=O)n(Cc3c(F)cccc3F)c(Cl)nc2n1. The molecule has 3 rings (SSSR count). The second-order valence-electron chi connectivity index (χ2n) is 4.51. The van der Waals surface area contributed by atoms with Crippen molar-refractivity contribution in [2.45, 2.75) is 6.54 Å². The summed E-state index contributed by atoms with van der Waals surface area (Å²) >= 11 is 5.93. The highest BCUT2D eigenvalue weighted by molar-refractivity contribution is 6.28. The molecule has 3 aromatic rings. The molecule has 1 aromatic carbocycles. The number of rotatable bonds is 2. The van der Waals surface area contributed by atoms with Crippen LogP contribution in [-0.2, 0) is 13.6 Å². The summed E-state index contributed by atoms with van der Waals surface area (Å²) in [6.45, 7) is -0.339. The summed E-state index contributed by atoms with van der Waals surface area (Å²) < 4.78 is 29.8. The number of benzene rings is 1. The smallest absolute Gasteiger partial charge is 0.265 e. The third-order valence-corrected chi connectivity index (χ3v) is 3.37. The van der Waals surface area contributed by atoms with E-state index in [1.54, 1.807) is 7.05 Å². The summed E-state index contributed by atoms with van der Waals surface area (Å²) in [7, 11) is 1.63. The fourth-order valence-corrected chi connectivity index (χ4v) is 2.28. The number of nitrogens with zero attached hydrogens (tertiary/aromatic N) is 4. The first-order chi connectivity index (χ1) is 9.97. The van der Waals surface area contributed by atoms with Crippen molar-refractivity contribution < 1.29 is 8.78 Å². The molecule has 0 fully saturated rings. The van der Waals surface area contributed by atoms with Gasteiger partial charge in [0.05, 0.1) is 6.54 Å². The van der Waals surface area contributed by atoms with Gasteiger partial charge in [0.2, 0.25) is 5.28 Å². The third kappa shape index (κ3) is 2.29. The van der Waals surface area contributed by atoms with Crippen LogP contribution in [0.1, 0.15) is 5.56 Å². The van der Waals surface area contributed by atoms with Crippen LogP contribution in [0.15, 0.2) is 29.2 Å². The van der Waals surface area contributed by atoms with Crippen molar-refractivity contribution in [1.82, 2.24) is 19.3 Å². The maximum atomic E-state index is 13.7. The topological polar surface area (TPSA) is 52.7 Å². The quantitative estimate of drug-likeness (QED) is 0.681. The minimum absolute atomic E-state index is 0.172. The van der Waals surface area contributed by atoms with E-state index < -0.39 is 17.2 Å². The highest BCUT2D eigenvalue weighted by Crippen LogP contribution is 2.16. The Hall–Kier alpha value is -2.28. The Balaban J connectivity index is 2.19. The molecule has 0 radical (unpaired) electrons. The van der Waals surface area contributed by atoms with Crippen molar-refractivity contribution in [2.75, 3.05) is 0 Å². The average Bonchev–Trinajstić information content (AvgIpc) is 2.78. The Bertz CT molecular complexity index is 883. The van der Waals surface area contributed by atoms with Gasteiger partial charge < -0.3 is 0 Å². The van der Waals surface area contributed by atoms with E-state index in [2.05, 4.69) is 10.1 Å². The second-order valence-corrected chi connectivity index (χ2v) is 4.85. The number of aromatic nitrogens is 4. The highest BCUT2D eigenvalue weighted by atomic mass is 35.5. The minimum atomic E-state index is -0.746.